The number of hydrogen-bond donors (Lipinski definition) is 2. The van der Waals surface area contributed by atoms with Crippen molar-refractivity contribution in [2.75, 3.05) is 58.3 Å². The van der Waals surface area contributed by atoms with E-state index in [-0.39, 0.29) is 24.7 Å². The summed E-state index contributed by atoms with van der Waals surface area (Å²) in [5.41, 5.74) is 2.86. The Labute approximate surface area is 188 Å². The monoisotopic (exact) mass is 430 g/mol. The molecule has 1 atom stereocenters. The SMILES string of the molecule is [2H]C(O)(CN1CCN(CC(=O)Nc2c(C)cccc2C)CC1)C([2H])([2H])Oc1ccccc1OC. The van der Waals surface area contributed by atoms with Gasteiger partial charge in [0.25, 0.3) is 0 Å². The minimum atomic E-state index is -2.68. The van der Waals surface area contributed by atoms with E-state index in [0.717, 1.165) is 16.8 Å². The summed E-state index contributed by atoms with van der Waals surface area (Å²) in [4.78, 5) is 16.3. The van der Waals surface area contributed by atoms with E-state index in [0.29, 0.717) is 31.9 Å². The maximum Gasteiger partial charge on any atom is 0.238 e. The van der Waals surface area contributed by atoms with E-state index in [4.69, 9.17) is 13.6 Å². The molecule has 0 spiro atoms. The second-order valence-electron chi connectivity index (χ2n) is 7.67. The number of anilines is 1. The fourth-order valence-corrected chi connectivity index (χ4v) is 3.56. The van der Waals surface area contributed by atoms with Crippen LogP contribution in [-0.2, 0) is 4.79 Å². The second kappa shape index (κ2) is 11.1. The number of ether oxygens (including phenoxy) is 2. The van der Waals surface area contributed by atoms with Crippen LogP contribution < -0.4 is 14.8 Å². The van der Waals surface area contributed by atoms with Crippen LogP contribution in [0.25, 0.3) is 0 Å². The third-order valence-corrected chi connectivity index (χ3v) is 5.30. The topological polar surface area (TPSA) is 74.3 Å². The molecule has 7 heteroatoms. The Hall–Kier alpha value is -2.61. The normalized spacial score (nSPS) is 18.9. The molecule has 31 heavy (non-hydrogen) atoms. The molecule has 2 aromatic rings. The van der Waals surface area contributed by atoms with Gasteiger partial charge in [-0.25, -0.2) is 0 Å². The third kappa shape index (κ3) is 6.69. The highest BCUT2D eigenvalue weighted by atomic mass is 16.5. The molecule has 7 nitrogen and oxygen atoms in total. The Balaban J connectivity index is 1.52. The number of nitrogens with one attached hydrogen (secondary N) is 1. The van der Waals surface area contributed by atoms with Crippen LogP contribution in [0.1, 0.15) is 15.2 Å². The van der Waals surface area contributed by atoms with Gasteiger partial charge in [0.15, 0.2) is 11.5 Å². The lowest BCUT2D eigenvalue weighted by atomic mass is 10.1. The molecule has 1 aliphatic rings. The quantitative estimate of drug-likeness (QED) is 0.636. The van der Waals surface area contributed by atoms with Gasteiger partial charge in [0, 0.05) is 38.4 Å². The van der Waals surface area contributed by atoms with Crippen molar-refractivity contribution in [3.8, 4) is 11.5 Å². The second-order valence-corrected chi connectivity index (χ2v) is 7.67. The molecule has 0 saturated carbocycles. The van der Waals surface area contributed by atoms with Gasteiger partial charge in [0.2, 0.25) is 5.91 Å². The number of aliphatic hydroxyl groups is 1. The van der Waals surface area contributed by atoms with Gasteiger partial charge in [0.1, 0.15) is 12.6 Å². The van der Waals surface area contributed by atoms with Crippen LogP contribution in [0.15, 0.2) is 42.5 Å². The summed E-state index contributed by atoms with van der Waals surface area (Å²) in [5.74, 6) is 0.333. The van der Waals surface area contributed by atoms with E-state index in [1.165, 1.54) is 13.2 Å². The summed E-state index contributed by atoms with van der Waals surface area (Å²) in [7, 11) is 1.44. The molecule has 0 aliphatic carbocycles. The summed E-state index contributed by atoms with van der Waals surface area (Å²) in [5, 5.41) is 13.6. The predicted molar refractivity (Wildman–Crippen MR) is 122 cm³/mol. The van der Waals surface area contributed by atoms with Gasteiger partial charge in [-0.2, -0.15) is 0 Å². The lowest BCUT2D eigenvalue weighted by molar-refractivity contribution is -0.117. The van der Waals surface area contributed by atoms with E-state index in [2.05, 4.69) is 5.32 Å². The Morgan fingerprint density at radius 3 is 2.35 bits per heavy atom. The summed E-state index contributed by atoms with van der Waals surface area (Å²) in [6.45, 7) is 3.34. The van der Waals surface area contributed by atoms with E-state index in [9.17, 15) is 9.90 Å². The van der Waals surface area contributed by atoms with Gasteiger partial charge in [-0.3, -0.25) is 14.6 Å². The van der Waals surface area contributed by atoms with Crippen LogP contribution >= 0.6 is 0 Å². The Morgan fingerprint density at radius 2 is 1.71 bits per heavy atom. The summed E-state index contributed by atoms with van der Waals surface area (Å²) < 4.78 is 35.2. The largest absolute Gasteiger partial charge is 0.493 e. The van der Waals surface area contributed by atoms with E-state index >= 15 is 0 Å². The van der Waals surface area contributed by atoms with Gasteiger partial charge in [-0.15, -0.1) is 0 Å². The van der Waals surface area contributed by atoms with Crippen molar-refractivity contribution < 1.29 is 23.5 Å². The van der Waals surface area contributed by atoms with Crippen LogP contribution in [0.2, 0.25) is 0 Å². The summed E-state index contributed by atoms with van der Waals surface area (Å²) in [6, 6.07) is 12.4. The summed E-state index contributed by atoms with van der Waals surface area (Å²) in [6.07, 6.45) is -2.52. The zero-order valence-corrected chi connectivity index (χ0v) is 18.4. The molecule has 1 aliphatic heterocycles. The average Bonchev–Trinajstić information content (AvgIpc) is 2.77. The molecule has 2 N–H and O–H groups in total. The fourth-order valence-electron chi connectivity index (χ4n) is 3.56. The minimum Gasteiger partial charge on any atom is -0.493 e. The first-order valence-electron chi connectivity index (χ1n) is 11.9. The molecule has 2 aromatic carbocycles. The molecule has 3 rings (SSSR count). The van der Waals surface area contributed by atoms with Gasteiger partial charge >= 0.3 is 0 Å². The molecule has 0 radical (unpaired) electrons. The highest BCUT2D eigenvalue weighted by Crippen LogP contribution is 2.25. The number of carbonyl (C=O) groups is 1. The number of methoxy groups -OCH3 is 1. The number of amides is 1. The van der Waals surface area contributed by atoms with Crippen molar-refractivity contribution in [1.82, 2.24) is 9.80 Å². The molecule has 0 bridgehead atoms. The number of β-amino-alcohol motifs (C(OH)–C–C–N with tert-alkyl or cyclic N) is 1. The Morgan fingerprint density at radius 1 is 1.10 bits per heavy atom. The maximum atomic E-state index is 12.5. The van der Waals surface area contributed by atoms with E-state index in [1.54, 1.807) is 23.1 Å². The Kier molecular flexibility index (Phi) is 6.86. The number of rotatable bonds is 9. The minimum absolute atomic E-state index is 0.0932. The van der Waals surface area contributed by atoms with E-state index in [1.807, 2.05) is 36.9 Å². The van der Waals surface area contributed by atoms with Crippen LogP contribution in [-0.4, -0.2) is 79.8 Å². The van der Waals surface area contributed by atoms with Gasteiger partial charge in [0.05, 0.1) is 17.8 Å². The first-order valence-corrected chi connectivity index (χ1v) is 10.4. The van der Waals surface area contributed by atoms with Crippen molar-refractivity contribution in [2.45, 2.75) is 19.9 Å². The first kappa shape index (κ1) is 19.1. The molecular weight excluding hydrogens is 394 g/mol. The molecule has 1 saturated heterocycles. The number of aryl methyl sites for hydroxylation is 2. The first-order chi connectivity index (χ1) is 16.0. The molecular formula is C24H33N3O4. The van der Waals surface area contributed by atoms with Crippen LogP contribution in [0.3, 0.4) is 0 Å². The van der Waals surface area contributed by atoms with Crippen molar-refractivity contribution >= 4 is 11.6 Å². The lowest BCUT2D eigenvalue weighted by Crippen LogP contribution is -2.50. The Bertz CT molecular complexity index is 975. The molecule has 1 unspecified atom stereocenters. The molecule has 1 heterocycles. The number of carbonyl (C=O) groups excluding carboxylic acids is 1. The number of hydrogen-bond acceptors (Lipinski definition) is 6. The van der Waals surface area contributed by atoms with Crippen molar-refractivity contribution in [3.63, 3.8) is 0 Å². The van der Waals surface area contributed by atoms with Crippen molar-refractivity contribution in [1.29, 1.82) is 0 Å². The van der Waals surface area contributed by atoms with Crippen molar-refractivity contribution in [2.24, 2.45) is 0 Å². The molecule has 1 amide bonds. The zero-order valence-electron chi connectivity index (χ0n) is 21.4. The fraction of sp³-hybridized carbons (Fsp3) is 0.458. The van der Waals surface area contributed by atoms with Crippen molar-refractivity contribution in [3.05, 3.63) is 53.6 Å². The highest BCUT2D eigenvalue weighted by molar-refractivity contribution is 5.93. The highest BCUT2D eigenvalue weighted by Gasteiger charge is 2.21. The van der Waals surface area contributed by atoms with Gasteiger partial charge in [-0.1, -0.05) is 30.3 Å². The van der Waals surface area contributed by atoms with Crippen LogP contribution in [0, 0.1) is 13.8 Å². The standard InChI is InChI=1S/C24H33N3O4/c1-18-7-6-8-19(2)24(18)25-23(29)16-27-13-11-26(12-14-27)15-20(28)17-31-22-10-5-4-9-21(22)30-3/h4-10,20,28H,11-17H2,1-3H3,(H,25,29)/i17D2,20D. The maximum absolute atomic E-state index is 12.5. The smallest absolute Gasteiger partial charge is 0.238 e. The average molecular weight is 431 g/mol. The predicted octanol–water partition coefficient (Wildman–Crippen LogP) is 2.31. The number of benzene rings is 2. The molecule has 0 aromatic heterocycles. The number of para-hydroxylation sites is 3. The lowest BCUT2D eigenvalue weighted by Gasteiger charge is -2.35. The third-order valence-electron chi connectivity index (χ3n) is 5.30. The van der Waals surface area contributed by atoms with Gasteiger partial charge < -0.3 is 19.9 Å². The molecule has 168 valence electrons. The van der Waals surface area contributed by atoms with Crippen LogP contribution in [0.4, 0.5) is 5.69 Å². The van der Waals surface area contributed by atoms with Gasteiger partial charge in [-0.05, 0) is 37.1 Å². The number of piperazine rings is 1. The molecule has 1 fully saturated rings. The van der Waals surface area contributed by atoms with Crippen LogP contribution in [0.5, 0.6) is 11.5 Å². The van der Waals surface area contributed by atoms with E-state index < -0.39 is 12.6 Å². The zero-order chi connectivity index (χ0) is 24.9. The number of nitrogens with zero attached hydrogens (tertiary/aromatic N) is 2. The summed E-state index contributed by atoms with van der Waals surface area (Å²) >= 11 is 0.